The molecule has 2 aliphatic rings. The van der Waals surface area contributed by atoms with Crippen LogP contribution in [0.3, 0.4) is 0 Å². The quantitative estimate of drug-likeness (QED) is 0.0959. The Bertz CT molecular complexity index is 2310. The molecule has 2 saturated heterocycles. The van der Waals surface area contributed by atoms with Crippen molar-refractivity contribution in [2.45, 2.75) is 62.9 Å². The molecule has 6 rings (SSSR count). The zero-order valence-corrected chi connectivity index (χ0v) is 31.9. The maximum absolute atomic E-state index is 14.2. The highest BCUT2D eigenvalue weighted by Gasteiger charge is 2.45. The Hall–Kier alpha value is -4.54. The van der Waals surface area contributed by atoms with Crippen molar-refractivity contribution in [1.29, 1.82) is 10.5 Å². The Morgan fingerprint density at radius 3 is 2.50 bits per heavy atom. The van der Waals surface area contributed by atoms with E-state index in [1.165, 1.54) is 34.1 Å². The van der Waals surface area contributed by atoms with Gasteiger partial charge in [-0.3, -0.25) is 37.3 Å². The summed E-state index contributed by atoms with van der Waals surface area (Å²) in [7, 11) is -4.51. The first-order valence-corrected chi connectivity index (χ1v) is 21.1. The summed E-state index contributed by atoms with van der Waals surface area (Å²) in [5.41, 5.74) is -0.316. The Labute approximate surface area is 322 Å². The molecular formula is C32H35N9O12P2S. The second kappa shape index (κ2) is 18.6. The lowest BCUT2D eigenvalue weighted by Crippen LogP contribution is -2.32. The van der Waals surface area contributed by atoms with E-state index in [1.54, 1.807) is 30.3 Å². The number of hydrogen-bond acceptors (Lipinski definition) is 17. The van der Waals surface area contributed by atoms with Crippen LogP contribution in [0.15, 0.2) is 64.8 Å². The maximum atomic E-state index is 14.2. The first-order chi connectivity index (χ1) is 27.0. The number of carbonyl (C=O) groups is 1. The van der Waals surface area contributed by atoms with Crippen molar-refractivity contribution >= 4 is 49.2 Å². The second-order valence-electron chi connectivity index (χ2n) is 12.2. The first-order valence-electron chi connectivity index (χ1n) is 17.1. The lowest BCUT2D eigenvalue weighted by Gasteiger charge is -2.26. The van der Waals surface area contributed by atoms with Crippen molar-refractivity contribution in [3.8, 4) is 12.1 Å². The molecule has 21 nitrogen and oxygen atoms in total. The van der Waals surface area contributed by atoms with Gasteiger partial charge in [-0.1, -0.05) is 18.2 Å². The van der Waals surface area contributed by atoms with Crippen LogP contribution >= 0.6 is 14.5 Å². The van der Waals surface area contributed by atoms with Gasteiger partial charge < -0.3 is 28.7 Å². The number of rotatable bonds is 18. The number of H-pyrrole nitrogens is 1. The average molecular weight is 832 g/mol. The minimum Gasteiger partial charge on any atom is -0.352 e. The van der Waals surface area contributed by atoms with E-state index >= 15 is 0 Å². The molecule has 7 atom stereocenters. The van der Waals surface area contributed by atoms with Crippen molar-refractivity contribution in [1.82, 2.24) is 29.1 Å². The Morgan fingerprint density at radius 2 is 1.75 bits per heavy atom. The molecule has 56 heavy (non-hydrogen) atoms. The Balaban J connectivity index is 1.21. The molecule has 3 aromatic heterocycles. The van der Waals surface area contributed by atoms with E-state index in [1.807, 2.05) is 12.1 Å². The number of nitriles is 2. The average Bonchev–Trinajstić information content (AvgIpc) is 3.93. The molecule has 1 amide bonds. The van der Waals surface area contributed by atoms with E-state index in [4.69, 9.17) is 54.4 Å². The van der Waals surface area contributed by atoms with E-state index in [0.717, 1.165) is 0 Å². The number of ether oxygens (including phenoxy) is 2. The van der Waals surface area contributed by atoms with Crippen LogP contribution in [0.1, 0.15) is 54.9 Å². The summed E-state index contributed by atoms with van der Waals surface area (Å²) in [5.74, 6) is -0.287. The molecule has 0 aliphatic carbocycles. The summed E-state index contributed by atoms with van der Waals surface area (Å²) in [6, 6.07) is 13.5. The molecule has 2 unspecified atom stereocenters. The van der Waals surface area contributed by atoms with Crippen LogP contribution in [0, 0.1) is 22.7 Å². The fraction of sp³-hybridized carbons (Fsp3) is 0.438. The molecule has 4 aromatic rings. The van der Waals surface area contributed by atoms with Gasteiger partial charge in [-0.2, -0.15) is 10.5 Å². The fourth-order valence-electron chi connectivity index (χ4n) is 5.78. The maximum Gasteiger partial charge on any atom is 0.475 e. The third-order valence-corrected chi connectivity index (χ3v) is 11.5. The standard InChI is InChI=1S/C32H35N9O12P2S/c33-11-4-14-47-54(45,49-17-22-8-9-26(51-22)40-13-10-25(42)38-32(40)44)53-23-16-27(52-24(23)18-50-55(46,56)48-15-5-12-34)41-20-37-28-29(35-19-36-30(28)41)39-31(43)21-6-2-1-3-7-21/h1-3,6-7,10,13,19-20,22-24,26-27H,4-5,8-9,14-18H2,(H,46,56)(H,38,42,44)(H,35,36,39,43)/t22-,23-,24+,26+,27+,54?,55?/m0/s1. The van der Waals surface area contributed by atoms with Gasteiger partial charge in [0.15, 0.2) is 17.0 Å². The molecule has 2 fully saturated rings. The third kappa shape index (κ3) is 10.4. The SMILES string of the molecule is N#CCCOP(=O)(OC[C@@H]1CC[C@H](n2ccc(=O)[nH]c2=O)O1)O[C@H]1C[C@H](n2cnc3c(NC(=O)c4ccccc4)ncnc32)O[C@@H]1COP(O)(=S)OCCC#N. The summed E-state index contributed by atoms with van der Waals surface area (Å²) >= 11 is 5.09. The van der Waals surface area contributed by atoms with Gasteiger partial charge >= 0.3 is 20.2 Å². The van der Waals surface area contributed by atoms with Crippen LogP contribution < -0.4 is 16.6 Å². The van der Waals surface area contributed by atoms with Gasteiger partial charge in [-0.25, -0.2) is 24.3 Å². The van der Waals surface area contributed by atoms with Crippen LogP contribution in [0.25, 0.3) is 11.2 Å². The number of anilines is 1. The number of nitrogens with one attached hydrogen (secondary N) is 2. The van der Waals surface area contributed by atoms with Crippen molar-refractivity contribution in [2.24, 2.45) is 0 Å². The van der Waals surface area contributed by atoms with Crippen molar-refractivity contribution in [3.63, 3.8) is 0 Å². The third-order valence-electron chi connectivity index (χ3n) is 8.38. The fourth-order valence-corrected chi connectivity index (χ4v) is 8.33. The number of carbonyl (C=O) groups excluding carboxylic acids is 1. The van der Waals surface area contributed by atoms with E-state index < -0.39 is 69.1 Å². The number of fused-ring (bicyclic) bond motifs is 1. The van der Waals surface area contributed by atoms with Crippen LogP contribution in [0.2, 0.25) is 0 Å². The van der Waals surface area contributed by atoms with Gasteiger partial charge in [0.2, 0.25) is 0 Å². The van der Waals surface area contributed by atoms with Crippen molar-refractivity contribution in [2.75, 3.05) is 31.7 Å². The smallest absolute Gasteiger partial charge is 0.352 e. The summed E-state index contributed by atoms with van der Waals surface area (Å²) in [6.07, 6.45) is -0.0523. The molecule has 24 heteroatoms. The van der Waals surface area contributed by atoms with Crippen LogP contribution in [-0.4, -0.2) is 84.6 Å². The number of nitrogens with zero attached hydrogens (tertiary/aromatic N) is 7. The number of benzene rings is 1. The number of aromatic nitrogens is 6. The van der Waals surface area contributed by atoms with Crippen molar-refractivity contribution < 1.29 is 46.3 Å². The zero-order valence-electron chi connectivity index (χ0n) is 29.3. The summed E-state index contributed by atoms with van der Waals surface area (Å²) < 4.78 is 57.2. The summed E-state index contributed by atoms with van der Waals surface area (Å²) in [6.45, 7) is -5.10. The molecule has 296 valence electrons. The predicted molar refractivity (Wildman–Crippen MR) is 196 cm³/mol. The number of imidazole rings is 1. The number of amides is 1. The normalized spacial score (nSPS) is 22.9. The second-order valence-corrected chi connectivity index (χ2v) is 16.6. The number of hydrogen-bond donors (Lipinski definition) is 3. The molecule has 0 spiro atoms. The lowest BCUT2D eigenvalue weighted by molar-refractivity contribution is -0.0495. The number of phosphoric ester groups is 1. The van der Waals surface area contributed by atoms with E-state index in [0.29, 0.717) is 18.4 Å². The zero-order chi connectivity index (χ0) is 39.7. The predicted octanol–water partition coefficient (Wildman–Crippen LogP) is 3.20. The Morgan fingerprint density at radius 1 is 0.982 bits per heavy atom. The van der Waals surface area contributed by atoms with Gasteiger partial charge in [-0.05, 0) is 36.8 Å². The molecule has 0 radical (unpaired) electrons. The van der Waals surface area contributed by atoms with E-state index in [2.05, 4.69) is 25.3 Å². The molecular weight excluding hydrogens is 796 g/mol. The van der Waals surface area contributed by atoms with E-state index in [-0.39, 0.29) is 56.1 Å². The first kappa shape index (κ1) is 41.1. The monoisotopic (exact) mass is 831 g/mol. The van der Waals surface area contributed by atoms with Gasteiger partial charge in [0.1, 0.15) is 31.0 Å². The topological polar surface area (TPSA) is 277 Å². The van der Waals surface area contributed by atoms with Gasteiger partial charge in [0.25, 0.3) is 11.5 Å². The number of aromatic amines is 1. The van der Waals surface area contributed by atoms with Gasteiger partial charge in [0, 0.05) is 24.2 Å². The molecule has 2 aliphatic heterocycles. The van der Waals surface area contributed by atoms with Crippen LogP contribution in [-0.2, 0) is 48.5 Å². The van der Waals surface area contributed by atoms with Crippen molar-refractivity contribution in [3.05, 3.63) is 81.7 Å². The molecule has 0 bridgehead atoms. The highest BCUT2D eigenvalue weighted by molar-refractivity contribution is 8.07. The molecule has 3 N–H and O–H groups in total. The largest absolute Gasteiger partial charge is 0.475 e. The van der Waals surface area contributed by atoms with E-state index in [9.17, 15) is 23.8 Å². The Kier molecular flexibility index (Phi) is 13.7. The highest BCUT2D eigenvalue weighted by atomic mass is 32.5. The molecule has 5 heterocycles. The van der Waals surface area contributed by atoms with Crippen LogP contribution in [0.5, 0.6) is 0 Å². The number of phosphoric acid groups is 1. The molecule has 0 saturated carbocycles. The van der Waals surface area contributed by atoms with Gasteiger partial charge in [0.05, 0.1) is 63.8 Å². The minimum absolute atomic E-state index is 0.0368. The highest BCUT2D eigenvalue weighted by Crippen LogP contribution is 2.54. The lowest BCUT2D eigenvalue weighted by atomic mass is 10.2. The minimum atomic E-state index is -4.51. The van der Waals surface area contributed by atoms with Crippen LogP contribution in [0.4, 0.5) is 5.82 Å². The summed E-state index contributed by atoms with van der Waals surface area (Å²) in [4.78, 5) is 62.4. The van der Waals surface area contributed by atoms with Gasteiger partial charge in [-0.15, -0.1) is 0 Å². The molecule has 1 aromatic carbocycles. The summed E-state index contributed by atoms with van der Waals surface area (Å²) in [5, 5.41) is 20.7.